The fraction of sp³-hybridized carbons (Fsp3) is 0.150. The summed E-state index contributed by atoms with van der Waals surface area (Å²) in [7, 11) is 2.10. The Hall–Kier alpha value is -3.15. The number of hydrogen-bond acceptors (Lipinski definition) is 5. The highest BCUT2D eigenvalue weighted by Gasteiger charge is 2.35. The van der Waals surface area contributed by atoms with Crippen LogP contribution in [0.1, 0.15) is 6.92 Å². The number of fused-ring (bicyclic) bond motifs is 3. The standard InChI is InChI=1S/C20H19BN4O/c1-15-24(16-7-4-3-5-8-16)11-12-25(15)21-13-19-18(14-23(21)2)17-9-6-10-22-20(17)26-19/h3-15H,1-2H3/t15-/m0/s1. The predicted molar refractivity (Wildman–Crippen MR) is 105 cm³/mol. The van der Waals surface area contributed by atoms with Crippen molar-refractivity contribution in [1.29, 1.82) is 0 Å². The summed E-state index contributed by atoms with van der Waals surface area (Å²) in [5.74, 6) is 2.17. The summed E-state index contributed by atoms with van der Waals surface area (Å²) >= 11 is 0. The second-order valence-electron chi connectivity index (χ2n) is 6.73. The second-order valence-corrected chi connectivity index (χ2v) is 6.73. The summed E-state index contributed by atoms with van der Waals surface area (Å²) in [6.45, 7) is 2.30. The first-order chi connectivity index (χ1) is 12.7. The Morgan fingerprint density at radius 1 is 1.08 bits per heavy atom. The Bertz CT molecular complexity index is 1110. The van der Waals surface area contributed by atoms with Gasteiger partial charge >= 0.3 is 6.98 Å². The number of hydrogen-bond donors (Lipinski definition) is 0. The van der Waals surface area contributed by atoms with Gasteiger partial charge in [-0.15, -0.1) is 0 Å². The molecule has 1 atom stereocenters. The third-order valence-electron chi connectivity index (χ3n) is 5.18. The van der Waals surface area contributed by atoms with E-state index < -0.39 is 0 Å². The van der Waals surface area contributed by atoms with Gasteiger partial charge in [0.1, 0.15) is 5.42 Å². The normalized spacial score (nSPS) is 18.9. The third-order valence-corrected chi connectivity index (χ3v) is 5.18. The third kappa shape index (κ3) is 2.22. The van der Waals surface area contributed by atoms with Gasteiger partial charge in [0.05, 0.1) is 6.17 Å². The number of furan rings is 1. The van der Waals surface area contributed by atoms with Gasteiger partial charge in [-0.2, -0.15) is 0 Å². The highest BCUT2D eigenvalue weighted by Crippen LogP contribution is 2.26. The maximum atomic E-state index is 5.99. The monoisotopic (exact) mass is 342 g/mol. The molecule has 0 fully saturated rings. The molecule has 0 saturated heterocycles. The first kappa shape index (κ1) is 15.1. The highest BCUT2D eigenvalue weighted by atomic mass is 16.3. The van der Waals surface area contributed by atoms with Crippen molar-refractivity contribution < 1.29 is 4.42 Å². The van der Waals surface area contributed by atoms with Crippen LogP contribution in [-0.4, -0.2) is 34.8 Å². The molecule has 0 amide bonds. The van der Waals surface area contributed by atoms with Crippen LogP contribution in [0, 0.1) is 0 Å². The molecular formula is C20H19BN4O. The minimum Gasteiger partial charge on any atom is -0.439 e. The summed E-state index contributed by atoms with van der Waals surface area (Å²) in [5.41, 5.74) is 2.77. The van der Waals surface area contributed by atoms with Crippen molar-refractivity contribution in [3.05, 3.63) is 71.7 Å². The SMILES string of the molecule is C[C@@H]1N(B2C=c3oc4ncccc4c3=CN2C)C=CN1c1ccccc1. The number of rotatable bonds is 2. The number of para-hydroxylation sites is 1. The van der Waals surface area contributed by atoms with Crippen LogP contribution in [0.2, 0.25) is 0 Å². The zero-order valence-electron chi connectivity index (χ0n) is 14.8. The number of nitrogens with zero attached hydrogens (tertiary/aromatic N) is 4. The van der Waals surface area contributed by atoms with Crippen LogP contribution < -0.4 is 15.5 Å². The zero-order valence-corrected chi connectivity index (χ0v) is 14.8. The topological polar surface area (TPSA) is 35.8 Å². The summed E-state index contributed by atoms with van der Waals surface area (Å²) in [6.07, 6.45) is 8.41. The lowest BCUT2D eigenvalue weighted by Crippen LogP contribution is -2.54. The van der Waals surface area contributed by atoms with E-state index in [1.165, 1.54) is 5.69 Å². The Labute approximate surface area is 152 Å². The second kappa shape index (κ2) is 5.69. The van der Waals surface area contributed by atoms with Gasteiger partial charge in [0.15, 0.2) is 0 Å². The van der Waals surface area contributed by atoms with Gasteiger partial charge < -0.3 is 18.9 Å². The van der Waals surface area contributed by atoms with Gasteiger partial charge in [0.25, 0.3) is 0 Å². The minimum atomic E-state index is 0.0861. The van der Waals surface area contributed by atoms with Crippen LogP contribution in [0.5, 0.6) is 0 Å². The molecule has 0 radical (unpaired) electrons. The quantitative estimate of drug-likeness (QED) is 0.666. The van der Waals surface area contributed by atoms with Gasteiger partial charge in [-0.05, 0) is 44.2 Å². The van der Waals surface area contributed by atoms with E-state index in [4.69, 9.17) is 4.42 Å². The van der Waals surface area contributed by atoms with E-state index in [-0.39, 0.29) is 13.1 Å². The van der Waals surface area contributed by atoms with E-state index in [2.05, 4.69) is 88.4 Å². The number of pyridine rings is 1. The molecule has 0 saturated carbocycles. The van der Waals surface area contributed by atoms with Crippen LogP contribution in [0.3, 0.4) is 0 Å². The Balaban J connectivity index is 1.52. The molecule has 0 bridgehead atoms. The van der Waals surface area contributed by atoms with Crippen molar-refractivity contribution in [3.63, 3.8) is 0 Å². The molecule has 0 spiro atoms. The maximum absolute atomic E-state index is 5.99. The first-order valence-corrected chi connectivity index (χ1v) is 8.81. The summed E-state index contributed by atoms with van der Waals surface area (Å²) in [5, 5.41) is 2.16. The molecule has 5 nitrogen and oxygen atoms in total. The van der Waals surface area contributed by atoms with Gasteiger partial charge in [0.2, 0.25) is 5.71 Å². The van der Waals surface area contributed by atoms with E-state index in [1.54, 1.807) is 6.20 Å². The molecule has 3 aromatic rings. The van der Waals surface area contributed by atoms with Gasteiger partial charge in [0, 0.05) is 41.1 Å². The van der Waals surface area contributed by atoms with Crippen molar-refractivity contribution in [2.75, 3.05) is 11.9 Å². The average molecular weight is 342 g/mol. The van der Waals surface area contributed by atoms with E-state index in [1.807, 2.05) is 12.1 Å². The van der Waals surface area contributed by atoms with Crippen LogP contribution in [-0.2, 0) is 0 Å². The molecule has 2 aliphatic rings. The van der Waals surface area contributed by atoms with Crippen LogP contribution >= 0.6 is 0 Å². The molecule has 2 aliphatic heterocycles. The van der Waals surface area contributed by atoms with E-state index in [0.717, 1.165) is 16.0 Å². The molecule has 26 heavy (non-hydrogen) atoms. The molecule has 1 aromatic carbocycles. The molecule has 2 aromatic heterocycles. The lowest BCUT2D eigenvalue weighted by Gasteiger charge is -2.36. The summed E-state index contributed by atoms with van der Waals surface area (Å²) < 4.78 is 5.99. The number of anilines is 1. The first-order valence-electron chi connectivity index (χ1n) is 8.81. The molecule has 0 aliphatic carbocycles. The average Bonchev–Trinajstić information content (AvgIpc) is 3.22. The van der Waals surface area contributed by atoms with E-state index >= 15 is 0 Å². The Kier molecular flexibility index (Phi) is 3.32. The lowest BCUT2D eigenvalue weighted by atomic mass is 9.70. The minimum absolute atomic E-state index is 0.0861. The van der Waals surface area contributed by atoms with Crippen LogP contribution in [0.25, 0.3) is 23.3 Å². The Morgan fingerprint density at radius 3 is 2.77 bits per heavy atom. The fourth-order valence-corrected chi connectivity index (χ4v) is 3.81. The number of aromatic nitrogens is 1. The highest BCUT2D eigenvalue weighted by molar-refractivity contribution is 6.69. The Morgan fingerprint density at radius 2 is 1.92 bits per heavy atom. The van der Waals surface area contributed by atoms with E-state index in [9.17, 15) is 0 Å². The molecule has 0 N–H and O–H groups in total. The lowest BCUT2D eigenvalue weighted by molar-refractivity contribution is 0.451. The van der Waals surface area contributed by atoms with Crippen LogP contribution in [0.15, 0.2) is 65.5 Å². The molecule has 0 unspecified atom stereocenters. The zero-order chi connectivity index (χ0) is 17.7. The number of benzene rings is 1. The molecule has 5 rings (SSSR count). The largest absolute Gasteiger partial charge is 0.439 e. The summed E-state index contributed by atoms with van der Waals surface area (Å²) in [6, 6.07) is 14.4. The smallest absolute Gasteiger partial charge is 0.408 e. The van der Waals surface area contributed by atoms with Crippen molar-refractivity contribution in [2.24, 2.45) is 0 Å². The maximum Gasteiger partial charge on any atom is 0.408 e. The predicted octanol–water partition coefficient (Wildman–Crippen LogP) is 1.96. The van der Waals surface area contributed by atoms with Crippen molar-refractivity contribution in [3.8, 4) is 0 Å². The molecule has 4 heterocycles. The van der Waals surface area contributed by atoms with Crippen molar-refractivity contribution in [1.82, 2.24) is 14.6 Å². The molecule has 128 valence electrons. The van der Waals surface area contributed by atoms with Gasteiger partial charge in [-0.25, -0.2) is 4.98 Å². The van der Waals surface area contributed by atoms with Gasteiger partial charge in [-0.3, -0.25) is 0 Å². The molecular weight excluding hydrogens is 323 g/mol. The van der Waals surface area contributed by atoms with Crippen LogP contribution in [0.4, 0.5) is 5.69 Å². The fourth-order valence-electron chi connectivity index (χ4n) is 3.81. The summed E-state index contributed by atoms with van der Waals surface area (Å²) in [4.78, 5) is 11.2. The van der Waals surface area contributed by atoms with E-state index in [0.29, 0.717) is 5.71 Å². The molecule has 6 heteroatoms. The van der Waals surface area contributed by atoms with Gasteiger partial charge in [-0.1, -0.05) is 18.2 Å². The van der Waals surface area contributed by atoms with Crippen molar-refractivity contribution >= 4 is 35.9 Å². The van der Waals surface area contributed by atoms with Crippen molar-refractivity contribution in [2.45, 2.75) is 13.1 Å².